The summed E-state index contributed by atoms with van der Waals surface area (Å²) in [4.78, 5) is 12.7. The van der Waals surface area contributed by atoms with Crippen LogP contribution in [0.5, 0.6) is 0 Å². The van der Waals surface area contributed by atoms with Gasteiger partial charge in [-0.2, -0.15) is 0 Å². The van der Waals surface area contributed by atoms with Gasteiger partial charge in [-0.3, -0.25) is 4.79 Å². The van der Waals surface area contributed by atoms with E-state index in [1.165, 1.54) is 23.0 Å². The van der Waals surface area contributed by atoms with Crippen molar-refractivity contribution < 1.29 is 4.79 Å². The Kier molecular flexibility index (Phi) is 7.29. The molecule has 1 amide bonds. The van der Waals surface area contributed by atoms with E-state index in [0.717, 1.165) is 40.8 Å². The molecule has 0 radical (unpaired) electrons. The predicted molar refractivity (Wildman–Crippen MR) is 134 cm³/mol. The van der Waals surface area contributed by atoms with E-state index >= 15 is 0 Å². The second kappa shape index (κ2) is 10.5. The maximum Gasteiger partial charge on any atom is 0.234 e. The summed E-state index contributed by atoms with van der Waals surface area (Å²) in [7, 11) is 2.04. The third-order valence-electron chi connectivity index (χ3n) is 5.65. The van der Waals surface area contributed by atoms with Crippen molar-refractivity contribution in [1.82, 2.24) is 19.3 Å². The molecule has 170 valence electrons. The smallest absolute Gasteiger partial charge is 0.234 e. The van der Waals surface area contributed by atoms with Crippen molar-refractivity contribution in [2.75, 3.05) is 11.1 Å². The largest absolute Gasteiger partial charge is 0.354 e. The molecule has 0 aliphatic heterocycles. The van der Waals surface area contributed by atoms with Crippen molar-refractivity contribution in [2.45, 2.75) is 38.4 Å². The standard InChI is InChI=1S/C26H29N5OS/c1-19-11-12-20(2)23(16-19)27-25(32)18-33-26-29-28-24(17-22-10-7-14-30(22)3)31(26)15-13-21-8-5-4-6-9-21/h4-12,14,16H,13,15,17-18H2,1-3H3,(H,27,32). The first-order valence-electron chi connectivity index (χ1n) is 11.1. The number of carbonyl (C=O) groups is 1. The number of hydrogen-bond acceptors (Lipinski definition) is 4. The topological polar surface area (TPSA) is 64.7 Å². The molecule has 4 aromatic rings. The third-order valence-corrected chi connectivity index (χ3v) is 6.62. The lowest BCUT2D eigenvalue weighted by Crippen LogP contribution is -2.16. The lowest BCUT2D eigenvalue weighted by atomic mass is 10.1. The minimum atomic E-state index is -0.0460. The molecule has 0 saturated heterocycles. The lowest BCUT2D eigenvalue weighted by Gasteiger charge is -2.12. The van der Waals surface area contributed by atoms with Crippen LogP contribution in [-0.2, 0) is 31.2 Å². The molecule has 2 heterocycles. The second-order valence-corrected chi connectivity index (χ2v) is 9.17. The summed E-state index contributed by atoms with van der Waals surface area (Å²) in [6.45, 7) is 4.78. The number of aryl methyl sites for hydroxylation is 4. The number of rotatable bonds is 9. The zero-order valence-electron chi connectivity index (χ0n) is 19.3. The molecule has 2 aromatic heterocycles. The number of nitrogens with zero attached hydrogens (tertiary/aromatic N) is 4. The molecule has 6 nitrogen and oxygen atoms in total. The molecule has 0 aliphatic carbocycles. The van der Waals surface area contributed by atoms with Crippen LogP contribution >= 0.6 is 11.8 Å². The Labute approximate surface area is 199 Å². The van der Waals surface area contributed by atoms with Crippen molar-refractivity contribution >= 4 is 23.4 Å². The molecule has 0 saturated carbocycles. The van der Waals surface area contributed by atoms with Crippen LogP contribution in [0.1, 0.15) is 28.2 Å². The van der Waals surface area contributed by atoms with Gasteiger partial charge < -0.3 is 14.5 Å². The normalized spacial score (nSPS) is 11.0. The van der Waals surface area contributed by atoms with Gasteiger partial charge in [0.15, 0.2) is 5.16 Å². The van der Waals surface area contributed by atoms with Gasteiger partial charge in [0.1, 0.15) is 5.82 Å². The Morgan fingerprint density at radius 3 is 2.61 bits per heavy atom. The molecule has 4 rings (SSSR count). The highest BCUT2D eigenvalue weighted by atomic mass is 32.2. The molecule has 7 heteroatoms. The summed E-state index contributed by atoms with van der Waals surface area (Å²) < 4.78 is 4.25. The molecule has 0 fully saturated rings. The summed E-state index contributed by atoms with van der Waals surface area (Å²) in [6.07, 6.45) is 3.61. The van der Waals surface area contributed by atoms with Crippen LogP contribution in [0.25, 0.3) is 0 Å². The molecular formula is C26H29N5OS. The van der Waals surface area contributed by atoms with Crippen LogP contribution in [0, 0.1) is 13.8 Å². The Balaban J connectivity index is 1.48. The summed E-state index contributed by atoms with van der Waals surface area (Å²) in [6, 6.07) is 20.6. The number of carbonyl (C=O) groups excluding carboxylic acids is 1. The van der Waals surface area contributed by atoms with Crippen molar-refractivity contribution in [3.05, 3.63) is 95.1 Å². The maximum absolute atomic E-state index is 12.7. The Morgan fingerprint density at radius 1 is 1.03 bits per heavy atom. The fraction of sp³-hybridized carbons (Fsp3) is 0.269. The summed E-state index contributed by atoms with van der Waals surface area (Å²) >= 11 is 1.43. The van der Waals surface area contributed by atoms with Crippen LogP contribution in [0.4, 0.5) is 5.69 Å². The van der Waals surface area contributed by atoms with E-state index in [1.54, 1.807) is 0 Å². The van der Waals surface area contributed by atoms with Crippen molar-refractivity contribution in [1.29, 1.82) is 0 Å². The lowest BCUT2D eigenvalue weighted by molar-refractivity contribution is -0.113. The molecule has 33 heavy (non-hydrogen) atoms. The number of benzene rings is 2. The minimum absolute atomic E-state index is 0.0460. The van der Waals surface area contributed by atoms with Gasteiger partial charge >= 0.3 is 0 Å². The van der Waals surface area contributed by atoms with E-state index in [0.29, 0.717) is 6.42 Å². The fourth-order valence-corrected chi connectivity index (χ4v) is 4.48. The highest BCUT2D eigenvalue weighted by Crippen LogP contribution is 2.21. The molecule has 0 bridgehead atoms. The van der Waals surface area contributed by atoms with Gasteiger partial charge in [0, 0.05) is 37.6 Å². The Hall–Kier alpha value is -3.32. The summed E-state index contributed by atoms with van der Waals surface area (Å²) in [5, 5.41) is 12.7. The van der Waals surface area contributed by atoms with Gasteiger partial charge in [0.2, 0.25) is 5.91 Å². The monoisotopic (exact) mass is 459 g/mol. The summed E-state index contributed by atoms with van der Waals surface area (Å²) in [5.74, 6) is 1.14. The Bertz CT molecular complexity index is 1230. The van der Waals surface area contributed by atoms with Gasteiger partial charge in [-0.1, -0.05) is 54.2 Å². The van der Waals surface area contributed by atoms with Crippen LogP contribution < -0.4 is 5.32 Å². The van der Waals surface area contributed by atoms with Crippen molar-refractivity contribution in [3.8, 4) is 0 Å². The number of hydrogen-bond donors (Lipinski definition) is 1. The SMILES string of the molecule is Cc1ccc(C)c(NC(=O)CSc2nnc(Cc3cccn3C)n2CCc2ccccc2)c1. The first-order chi connectivity index (χ1) is 16.0. The quantitative estimate of drug-likeness (QED) is 0.365. The molecule has 0 unspecified atom stereocenters. The van der Waals surface area contributed by atoms with Crippen LogP contribution in [0.2, 0.25) is 0 Å². The number of thioether (sulfide) groups is 1. The van der Waals surface area contributed by atoms with Gasteiger partial charge in [-0.05, 0) is 55.2 Å². The average Bonchev–Trinajstić information content (AvgIpc) is 3.40. The first kappa shape index (κ1) is 22.9. The molecule has 1 N–H and O–H groups in total. The molecular weight excluding hydrogens is 430 g/mol. The van der Waals surface area contributed by atoms with Crippen LogP contribution in [-0.4, -0.2) is 31.0 Å². The van der Waals surface area contributed by atoms with Crippen LogP contribution in [0.15, 0.2) is 72.0 Å². The van der Waals surface area contributed by atoms with Gasteiger partial charge in [0.25, 0.3) is 0 Å². The third kappa shape index (κ3) is 5.93. The molecule has 0 aliphatic rings. The molecule has 2 aromatic carbocycles. The van der Waals surface area contributed by atoms with Gasteiger partial charge in [-0.25, -0.2) is 0 Å². The van der Waals surface area contributed by atoms with Crippen LogP contribution in [0.3, 0.4) is 0 Å². The van der Waals surface area contributed by atoms with Gasteiger partial charge in [0.05, 0.1) is 5.75 Å². The molecule has 0 atom stereocenters. The average molecular weight is 460 g/mol. The summed E-state index contributed by atoms with van der Waals surface area (Å²) in [5.41, 5.74) is 5.46. The minimum Gasteiger partial charge on any atom is -0.354 e. The van der Waals surface area contributed by atoms with E-state index in [1.807, 2.05) is 57.4 Å². The highest BCUT2D eigenvalue weighted by Gasteiger charge is 2.16. The Morgan fingerprint density at radius 2 is 1.85 bits per heavy atom. The molecule has 0 spiro atoms. The first-order valence-corrected chi connectivity index (χ1v) is 12.0. The van der Waals surface area contributed by atoms with Crippen molar-refractivity contribution in [3.63, 3.8) is 0 Å². The van der Waals surface area contributed by atoms with Gasteiger partial charge in [-0.15, -0.1) is 10.2 Å². The number of aromatic nitrogens is 4. The zero-order chi connectivity index (χ0) is 23.2. The van der Waals surface area contributed by atoms with E-state index in [2.05, 4.69) is 55.0 Å². The zero-order valence-corrected chi connectivity index (χ0v) is 20.1. The number of anilines is 1. The fourth-order valence-electron chi connectivity index (χ4n) is 3.70. The number of nitrogens with one attached hydrogen (secondary N) is 1. The maximum atomic E-state index is 12.7. The predicted octanol–water partition coefficient (Wildman–Crippen LogP) is 4.80. The van der Waals surface area contributed by atoms with E-state index < -0.39 is 0 Å². The van der Waals surface area contributed by atoms with E-state index in [-0.39, 0.29) is 11.7 Å². The second-order valence-electron chi connectivity index (χ2n) is 8.23. The van der Waals surface area contributed by atoms with E-state index in [9.17, 15) is 4.79 Å². The highest BCUT2D eigenvalue weighted by molar-refractivity contribution is 7.99. The number of amides is 1. The van der Waals surface area contributed by atoms with Crippen molar-refractivity contribution in [2.24, 2.45) is 7.05 Å². The van der Waals surface area contributed by atoms with E-state index in [4.69, 9.17) is 0 Å².